The molecular formula is C23H34N3O2+. The topological polar surface area (TPSA) is 62.6 Å². The van der Waals surface area contributed by atoms with Crippen molar-refractivity contribution in [2.45, 2.75) is 63.6 Å². The lowest BCUT2D eigenvalue weighted by atomic mass is 9.53. The van der Waals surface area contributed by atoms with Gasteiger partial charge in [-0.15, -0.1) is 0 Å². The van der Waals surface area contributed by atoms with Crippen LogP contribution in [0.4, 0.5) is 0 Å². The number of likely N-dealkylation sites (N-methyl/N-ethyl adjacent to an activating group) is 1. The Bertz CT molecular complexity index is 707. The van der Waals surface area contributed by atoms with E-state index in [-0.39, 0.29) is 23.4 Å². The number of quaternary nitrogens is 1. The van der Waals surface area contributed by atoms with Crippen molar-refractivity contribution in [3.05, 3.63) is 35.4 Å². The third-order valence-corrected chi connectivity index (χ3v) is 7.49. The Morgan fingerprint density at radius 2 is 1.61 bits per heavy atom. The van der Waals surface area contributed by atoms with E-state index < -0.39 is 0 Å². The van der Waals surface area contributed by atoms with E-state index in [4.69, 9.17) is 0 Å². The molecule has 1 aromatic carbocycles. The van der Waals surface area contributed by atoms with Gasteiger partial charge in [-0.3, -0.25) is 9.59 Å². The summed E-state index contributed by atoms with van der Waals surface area (Å²) in [5.41, 5.74) is 1.88. The van der Waals surface area contributed by atoms with Crippen molar-refractivity contribution in [1.29, 1.82) is 0 Å². The van der Waals surface area contributed by atoms with Gasteiger partial charge >= 0.3 is 0 Å². The molecule has 5 rings (SSSR count). The lowest BCUT2D eigenvalue weighted by molar-refractivity contribution is -0.908. The number of hydrogen-bond acceptors (Lipinski definition) is 2. The Kier molecular flexibility index (Phi) is 5.21. The highest BCUT2D eigenvalue weighted by Gasteiger charge is 2.52. The van der Waals surface area contributed by atoms with Gasteiger partial charge < -0.3 is 15.5 Å². The molecule has 1 aromatic rings. The third-order valence-electron chi connectivity index (χ3n) is 7.49. The van der Waals surface area contributed by atoms with Gasteiger partial charge in [0.25, 0.3) is 11.8 Å². The SMILES string of the molecule is CNC(=O)c1ccc(C[NH+](C)[C@@H](C)C(=O)NC23CC4CC(CC(C4)C2)C3)cc1. The maximum absolute atomic E-state index is 13.1. The first-order valence-electron chi connectivity index (χ1n) is 10.8. The van der Waals surface area contributed by atoms with E-state index in [9.17, 15) is 9.59 Å². The van der Waals surface area contributed by atoms with E-state index in [0.717, 1.165) is 29.9 Å². The van der Waals surface area contributed by atoms with Crippen molar-refractivity contribution in [3.63, 3.8) is 0 Å². The lowest BCUT2D eigenvalue weighted by Crippen LogP contribution is -3.12. The highest BCUT2D eigenvalue weighted by atomic mass is 16.2. The van der Waals surface area contributed by atoms with E-state index >= 15 is 0 Å². The van der Waals surface area contributed by atoms with E-state index in [1.54, 1.807) is 7.05 Å². The molecule has 4 bridgehead atoms. The van der Waals surface area contributed by atoms with Gasteiger partial charge in [0.15, 0.2) is 6.04 Å². The van der Waals surface area contributed by atoms with Crippen molar-refractivity contribution < 1.29 is 14.5 Å². The van der Waals surface area contributed by atoms with Crippen LogP contribution in [0.5, 0.6) is 0 Å². The standard InChI is InChI=1S/C23H33N3O2/c1-15(26(3)14-16-4-6-20(7-5-16)22(28)24-2)21(27)25-23-11-17-8-18(12-23)10-19(9-17)13-23/h4-7,15,17-19H,8-14H2,1-3H3,(H,24,28)(H,25,27)/p+1/t15-,17?,18?,19?,23?/m0/s1. The van der Waals surface area contributed by atoms with Gasteiger partial charge in [-0.25, -0.2) is 0 Å². The smallest absolute Gasteiger partial charge is 0.278 e. The van der Waals surface area contributed by atoms with Crippen LogP contribution in [0.3, 0.4) is 0 Å². The second kappa shape index (κ2) is 7.51. The van der Waals surface area contributed by atoms with Crippen LogP contribution in [-0.4, -0.2) is 37.5 Å². The predicted octanol–water partition coefficient (Wildman–Crippen LogP) is 1.53. The highest BCUT2D eigenvalue weighted by Crippen LogP contribution is 2.55. The molecule has 0 saturated heterocycles. The summed E-state index contributed by atoms with van der Waals surface area (Å²) >= 11 is 0. The fourth-order valence-corrected chi connectivity index (χ4v) is 6.25. The number of nitrogens with one attached hydrogen (secondary N) is 3. The second-order valence-corrected chi connectivity index (χ2v) is 9.71. The third kappa shape index (κ3) is 3.82. The summed E-state index contributed by atoms with van der Waals surface area (Å²) in [4.78, 5) is 25.9. The molecule has 5 heteroatoms. The zero-order valence-electron chi connectivity index (χ0n) is 17.4. The van der Waals surface area contributed by atoms with Gasteiger partial charge in [-0.1, -0.05) is 12.1 Å². The Morgan fingerprint density at radius 3 is 2.11 bits per heavy atom. The quantitative estimate of drug-likeness (QED) is 0.697. The minimum absolute atomic E-state index is 0.0735. The van der Waals surface area contributed by atoms with Crippen LogP contribution < -0.4 is 15.5 Å². The zero-order chi connectivity index (χ0) is 19.9. The molecule has 4 aliphatic rings. The number of amides is 2. The highest BCUT2D eigenvalue weighted by molar-refractivity contribution is 5.93. The first-order valence-corrected chi connectivity index (χ1v) is 10.8. The molecule has 2 amide bonds. The van der Waals surface area contributed by atoms with E-state index in [1.807, 2.05) is 31.2 Å². The van der Waals surface area contributed by atoms with Crippen molar-refractivity contribution >= 4 is 11.8 Å². The molecule has 5 nitrogen and oxygen atoms in total. The summed E-state index contributed by atoms with van der Waals surface area (Å²) in [6, 6.07) is 7.57. The van der Waals surface area contributed by atoms with Gasteiger partial charge in [0, 0.05) is 23.7 Å². The van der Waals surface area contributed by atoms with Gasteiger partial charge in [-0.2, -0.15) is 0 Å². The molecule has 28 heavy (non-hydrogen) atoms. The fourth-order valence-electron chi connectivity index (χ4n) is 6.25. The van der Waals surface area contributed by atoms with Crippen molar-refractivity contribution in [2.24, 2.45) is 17.8 Å². The summed E-state index contributed by atoms with van der Waals surface area (Å²) in [5.74, 6) is 2.64. The monoisotopic (exact) mass is 384 g/mol. The molecule has 0 spiro atoms. The molecule has 1 unspecified atom stereocenters. The molecule has 2 atom stereocenters. The molecule has 0 heterocycles. The number of benzene rings is 1. The van der Waals surface area contributed by atoms with Crippen LogP contribution >= 0.6 is 0 Å². The van der Waals surface area contributed by atoms with Gasteiger partial charge in [0.2, 0.25) is 0 Å². The predicted molar refractivity (Wildman–Crippen MR) is 109 cm³/mol. The van der Waals surface area contributed by atoms with Crippen molar-refractivity contribution in [3.8, 4) is 0 Å². The molecule has 4 saturated carbocycles. The second-order valence-electron chi connectivity index (χ2n) is 9.71. The first kappa shape index (κ1) is 19.4. The minimum Gasteiger partial charge on any atom is -0.355 e. The average Bonchev–Trinajstić information content (AvgIpc) is 2.65. The van der Waals surface area contributed by atoms with E-state index in [1.165, 1.54) is 43.4 Å². The van der Waals surface area contributed by atoms with Gasteiger partial charge in [0.1, 0.15) is 6.54 Å². The Hall–Kier alpha value is -1.88. The molecule has 0 aromatic heterocycles. The summed E-state index contributed by atoms with van der Waals surface area (Å²) < 4.78 is 0. The Labute approximate surface area is 168 Å². The largest absolute Gasteiger partial charge is 0.355 e. The first-order chi connectivity index (χ1) is 13.4. The number of rotatable bonds is 6. The van der Waals surface area contributed by atoms with E-state index in [0.29, 0.717) is 5.56 Å². The normalized spacial score (nSPS) is 32.6. The molecule has 4 fully saturated rings. The summed E-state index contributed by atoms with van der Waals surface area (Å²) in [6.45, 7) is 2.80. The summed E-state index contributed by atoms with van der Waals surface area (Å²) in [6.07, 6.45) is 7.75. The van der Waals surface area contributed by atoms with Crippen LogP contribution in [0.1, 0.15) is 61.4 Å². The Balaban J connectivity index is 1.35. The van der Waals surface area contributed by atoms with Crippen molar-refractivity contribution in [1.82, 2.24) is 10.6 Å². The maximum Gasteiger partial charge on any atom is 0.278 e. The number of carbonyl (C=O) groups excluding carboxylic acids is 2. The molecular weight excluding hydrogens is 350 g/mol. The van der Waals surface area contributed by atoms with Crippen molar-refractivity contribution in [2.75, 3.05) is 14.1 Å². The molecule has 3 N–H and O–H groups in total. The molecule has 152 valence electrons. The zero-order valence-corrected chi connectivity index (χ0v) is 17.4. The van der Waals surface area contributed by atoms with Crippen LogP contribution in [-0.2, 0) is 11.3 Å². The molecule has 0 radical (unpaired) electrons. The molecule has 0 aliphatic heterocycles. The van der Waals surface area contributed by atoms with Crippen LogP contribution in [0.15, 0.2) is 24.3 Å². The number of carbonyl (C=O) groups is 2. The molecule has 4 aliphatic carbocycles. The van der Waals surface area contributed by atoms with Crippen LogP contribution in [0, 0.1) is 17.8 Å². The summed E-state index contributed by atoms with van der Waals surface area (Å²) in [5, 5.41) is 6.15. The average molecular weight is 385 g/mol. The maximum atomic E-state index is 13.1. The lowest BCUT2D eigenvalue weighted by Gasteiger charge is -2.57. The van der Waals surface area contributed by atoms with Crippen LogP contribution in [0.25, 0.3) is 0 Å². The van der Waals surface area contributed by atoms with Crippen LogP contribution in [0.2, 0.25) is 0 Å². The fraction of sp³-hybridized carbons (Fsp3) is 0.652. The van der Waals surface area contributed by atoms with E-state index in [2.05, 4.69) is 17.7 Å². The minimum atomic E-state index is -0.0911. The van der Waals surface area contributed by atoms with Gasteiger partial charge in [0.05, 0.1) is 7.05 Å². The number of hydrogen-bond donors (Lipinski definition) is 3. The Morgan fingerprint density at radius 1 is 1.07 bits per heavy atom. The van der Waals surface area contributed by atoms with Gasteiger partial charge in [-0.05, 0) is 75.3 Å². The summed E-state index contributed by atoms with van der Waals surface area (Å²) in [7, 11) is 3.72.